The predicted molar refractivity (Wildman–Crippen MR) is 115 cm³/mol. The third-order valence-electron chi connectivity index (χ3n) is 4.79. The summed E-state index contributed by atoms with van der Waals surface area (Å²) in [4.78, 5) is 39.0. The Morgan fingerprint density at radius 3 is 2.24 bits per heavy atom. The van der Waals surface area contributed by atoms with Crippen molar-refractivity contribution in [2.75, 3.05) is 12.0 Å². The van der Waals surface area contributed by atoms with Crippen LogP contribution in [0.2, 0.25) is 0 Å². The van der Waals surface area contributed by atoms with Crippen molar-refractivity contribution in [3.63, 3.8) is 0 Å². The average Bonchev–Trinajstić information content (AvgIpc) is 3.20. The lowest BCUT2D eigenvalue weighted by Gasteiger charge is -2.22. The van der Waals surface area contributed by atoms with Gasteiger partial charge in [0.15, 0.2) is 11.6 Å². The SMILES string of the molecule is COc1ccc(N(C(=O)n2nnn(-c3c(F)cccc3F)c2=O)c2ccccc2)cc1C(=O)O. The Morgan fingerprint density at radius 2 is 1.62 bits per heavy atom. The molecule has 172 valence electrons. The average molecular weight is 467 g/mol. The lowest BCUT2D eigenvalue weighted by Crippen LogP contribution is -2.39. The van der Waals surface area contributed by atoms with Gasteiger partial charge in [0.05, 0.1) is 18.5 Å². The first-order chi connectivity index (χ1) is 16.3. The molecule has 1 aromatic heterocycles. The number of aromatic nitrogens is 4. The van der Waals surface area contributed by atoms with E-state index in [0.717, 1.165) is 23.1 Å². The topological polar surface area (TPSA) is 120 Å². The van der Waals surface area contributed by atoms with E-state index in [9.17, 15) is 28.3 Å². The first-order valence-corrected chi connectivity index (χ1v) is 9.63. The number of hydrogen-bond acceptors (Lipinski definition) is 6. The number of aromatic carboxylic acids is 1. The fourth-order valence-electron chi connectivity index (χ4n) is 3.24. The molecule has 0 spiro atoms. The quantitative estimate of drug-likeness (QED) is 0.448. The van der Waals surface area contributed by atoms with E-state index in [4.69, 9.17) is 4.74 Å². The van der Waals surface area contributed by atoms with Crippen LogP contribution >= 0.6 is 0 Å². The minimum absolute atomic E-state index is 0.0508. The molecule has 4 rings (SSSR count). The molecule has 0 fully saturated rings. The highest BCUT2D eigenvalue weighted by atomic mass is 19.1. The monoisotopic (exact) mass is 467 g/mol. The molecule has 34 heavy (non-hydrogen) atoms. The van der Waals surface area contributed by atoms with Crippen molar-refractivity contribution in [1.82, 2.24) is 19.8 Å². The van der Waals surface area contributed by atoms with Gasteiger partial charge in [-0.3, -0.25) is 4.90 Å². The number of halogens is 2. The molecule has 0 aliphatic rings. The number of benzene rings is 3. The number of methoxy groups -OCH3 is 1. The summed E-state index contributed by atoms with van der Waals surface area (Å²) < 4.78 is 34.0. The summed E-state index contributed by atoms with van der Waals surface area (Å²) >= 11 is 0. The number of tetrazole rings is 1. The first-order valence-electron chi connectivity index (χ1n) is 9.63. The van der Waals surface area contributed by atoms with Crippen LogP contribution in [0.4, 0.5) is 25.0 Å². The van der Waals surface area contributed by atoms with Gasteiger partial charge in [-0.1, -0.05) is 24.3 Å². The number of hydrogen-bond donors (Lipinski definition) is 1. The summed E-state index contributed by atoms with van der Waals surface area (Å²) in [5, 5.41) is 16.5. The molecule has 1 N–H and O–H groups in total. The van der Waals surface area contributed by atoms with E-state index in [0.29, 0.717) is 9.36 Å². The molecule has 4 aromatic rings. The van der Waals surface area contributed by atoms with E-state index in [1.807, 2.05) is 0 Å². The number of carboxylic acids is 1. The number of anilines is 2. The molecule has 0 bridgehead atoms. The standard InChI is InChI=1S/C22H15F2N5O5/c1-34-18-11-10-14(12-15(18)20(30)31)27(13-6-3-2-4-7-13)21(32)29-22(33)28(25-26-29)19-16(23)8-5-9-17(19)24/h2-12H,1H3,(H,30,31). The van der Waals surface area contributed by atoms with Gasteiger partial charge in [0.25, 0.3) is 0 Å². The summed E-state index contributed by atoms with van der Waals surface area (Å²) in [5.74, 6) is -3.42. The lowest BCUT2D eigenvalue weighted by atomic mass is 10.1. The van der Waals surface area contributed by atoms with Gasteiger partial charge in [0, 0.05) is 0 Å². The molecule has 0 atom stereocenters. The molecule has 10 nitrogen and oxygen atoms in total. The summed E-state index contributed by atoms with van der Waals surface area (Å²) in [5.41, 5.74) is -1.95. The first kappa shape index (κ1) is 22.3. The maximum atomic E-state index is 14.2. The maximum absolute atomic E-state index is 14.2. The second-order valence-electron chi connectivity index (χ2n) is 6.80. The van der Waals surface area contributed by atoms with Crippen molar-refractivity contribution in [1.29, 1.82) is 0 Å². The van der Waals surface area contributed by atoms with Gasteiger partial charge in [-0.15, -0.1) is 4.68 Å². The molecule has 0 radical (unpaired) electrons. The molecule has 0 aliphatic carbocycles. The van der Waals surface area contributed by atoms with Gasteiger partial charge in [-0.2, -0.15) is 4.68 Å². The highest BCUT2D eigenvalue weighted by Crippen LogP contribution is 2.30. The van der Waals surface area contributed by atoms with E-state index in [1.165, 1.54) is 37.4 Å². The van der Waals surface area contributed by atoms with Crippen LogP contribution in [-0.2, 0) is 0 Å². The minimum Gasteiger partial charge on any atom is -0.496 e. The number of para-hydroxylation sites is 2. The number of ether oxygens (including phenoxy) is 1. The van der Waals surface area contributed by atoms with Crippen LogP contribution in [0.1, 0.15) is 10.4 Å². The largest absolute Gasteiger partial charge is 0.496 e. The molecule has 0 saturated carbocycles. The van der Waals surface area contributed by atoms with Crippen molar-refractivity contribution in [2.45, 2.75) is 0 Å². The normalized spacial score (nSPS) is 10.7. The number of rotatable bonds is 5. The lowest BCUT2D eigenvalue weighted by molar-refractivity contribution is 0.0693. The summed E-state index contributed by atoms with van der Waals surface area (Å²) in [6.07, 6.45) is 0. The van der Waals surface area contributed by atoms with Crippen LogP contribution in [0.3, 0.4) is 0 Å². The zero-order valence-electron chi connectivity index (χ0n) is 17.4. The second kappa shape index (κ2) is 8.94. The van der Waals surface area contributed by atoms with Crippen LogP contribution in [-0.4, -0.2) is 44.0 Å². The number of amides is 1. The van der Waals surface area contributed by atoms with Gasteiger partial charge < -0.3 is 9.84 Å². The van der Waals surface area contributed by atoms with Gasteiger partial charge in [0.2, 0.25) is 0 Å². The fourth-order valence-corrected chi connectivity index (χ4v) is 3.24. The number of carboxylic acid groups (broad SMARTS) is 1. The molecular formula is C22H15F2N5O5. The molecular weight excluding hydrogens is 452 g/mol. The smallest absolute Gasteiger partial charge is 0.377 e. The van der Waals surface area contributed by atoms with Gasteiger partial charge in [-0.25, -0.2) is 23.2 Å². The van der Waals surface area contributed by atoms with E-state index in [1.54, 1.807) is 18.2 Å². The van der Waals surface area contributed by atoms with Crippen LogP contribution in [0.15, 0.2) is 71.5 Å². The summed E-state index contributed by atoms with van der Waals surface area (Å²) in [7, 11) is 1.29. The van der Waals surface area contributed by atoms with Crippen LogP contribution in [0.5, 0.6) is 5.75 Å². The van der Waals surface area contributed by atoms with Crippen molar-refractivity contribution >= 4 is 23.4 Å². The Bertz CT molecular complexity index is 1430. The maximum Gasteiger partial charge on any atom is 0.377 e. The number of carbonyl (C=O) groups is 2. The third-order valence-corrected chi connectivity index (χ3v) is 4.79. The van der Waals surface area contributed by atoms with Crippen LogP contribution in [0.25, 0.3) is 5.69 Å². The molecule has 1 heterocycles. The van der Waals surface area contributed by atoms with Gasteiger partial charge in [0.1, 0.15) is 17.0 Å². The van der Waals surface area contributed by atoms with Crippen molar-refractivity contribution in [3.05, 3.63) is 94.4 Å². The van der Waals surface area contributed by atoms with Crippen LogP contribution < -0.4 is 15.3 Å². The van der Waals surface area contributed by atoms with E-state index in [-0.39, 0.29) is 22.7 Å². The molecule has 0 saturated heterocycles. The highest BCUT2D eigenvalue weighted by molar-refractivity contribution is 6.02. The Balaban J connectivity index is 1.86. The summed E-state index contributed by atoms with van der Waals surface area (Å²) in [6.45, 7) is 0. The molecule has 0 unspecified atom stereocenters. The van der Waals surface area contributed by atoms with Crippen LogP contribution in [0, 0.1) is 11.6 Å². The third kappa shape index (κ3) is 3.88. The Labute approximate surface area is 189 Å². The highest BCUT2D eigenvalue weighted by Gasteiger charge is 2.27. The Morgan fingerprint density at radius 1 is 0.941 bits per heavy atom. The number of carbonyl (C=O) groups excluding carboxylic acids is 1. The number of nitrogens with zero attached hydrogens (tertiary/aromatic N) is 5. The van der Waals surface area contributed by atoms with Gasteiger partial charge >= 0.3 is 17.7 Å². The predicted octanol–water partition coefficient (Wildman–Crippen LogP) is 3.22. The van der Waals surface area contributed by atoms with Crippen molar-refractivity contribution in [3.8, 4) is 11.4 Å². The molecule has 0 aliphatic heterocycles. The Hall–Kier alpha value is -4.87. The molecule has 3 aromatic carbocycles. The van der Waals surface area contributed by atoms with E-state index in [2.05, 4.69) is 10.4 Å². The van der Waals surface area contributed by atoms with Crippen molar-refractivity contribution in [2.24, 2.45) is 0 Å². The Kier molecular flexibility index (Phi) is 5.87. The molecule has 12 heteroatoms. The van der Waals surface area contributed by atoms with E-state index >= 15 is 0 Å². The zero-order valence-corrected chi connectivity index (χ0v) is 17.4. The molecule has 1 amide bonds. The second-order valence-corrected chi connectivity index (χ2v) is 6.80. The summed E-state index contributed by atoms with van der Waals surface area (Å²) in [6, 6.07) is 13.8. The zero-order chi connectivity index (χ0) is 24.4. The van der Waals surface area contributed by atoms with Gasteiger partial charge in [-0.05, 0) is 52.9 Å². The van der Waals surface area contributed by atoms with E-state index < -0.39 is 35.0 Å². The minimum atomic E-state index is -1.31. The fraction of sp³-hybridized carbons (Fsp3) is 0.0455. The van der Waals surface area contributed by atoms with Crippen molar-refractivity contribution < 1.29 is 28.2 Å².